The van der Waals surface area contributed by atoms with E-state index in [4.69, 9.17) is 11.6 Å². The number of benzene rings is 1. The summed E-state index contributed by atoms with van der Waals surface area (Å²) in [6.45, 7) is 1.35. The molecule has 0 aliphatic heterocycles. The SMILES string of the molecule is CCOC(=O)c1n[nH]nc1-c1c(Cl)cc(C(F)(F)F)cc1C(F)(F)F. The number of H-pyrrole nitrogens is 1. The van der Waals surface area contributed by atoms with Crippen molar-refractivity contribution in [2.75, 3.05) is 6.61 Å². The van der Waals surface area contributed by atoms with Crippen LogP contribution in [0.5, 0.6) is 0 Å². The molecule has 1 aromatic heterocycles. The number of hydrogen-bond donors (Lipinski definition) is 1. The lowest BCUT2D eigenvalue weighted by Gasteiger charge is -2.16. The fourth-order valence-electron chi connectivity index (χ4n) is 1.98. The van der Waals surface area contributed by atoms with Crippen molar-refractivity contribution in [2.24, 2.45) is 0 Å². The van der Waals surface area contributed by atoms with Crippen LogP contribution in [-0.2, 0) is 17.1 Å². The van der Waals surface area contributed by atoms with Crippen LogP contribution in [0.4, 0.5) is 26.3 Å². The van der Waals surface area contributed by atoms with Gasteiger partial charge in [-0.1, -0.05) is 11.6 Å². The summed E-state index contributed by atoms with van der Waals surface area (Å²) in [7, 11) is 0. The maximum absolute atomic E-state index is 13.3. The van der Waals surface area contributed by atoms with E-state index < -0.39 is 51.4 Å². The maximum Gasteiger partial charge on any atom is 0.417 e. The van der Waals surface area contributed by atoms with Crippen molar-refractivity contribution < 1.29 is 35.9 Å². The molecule has 0 bridgehead atoms. The summed E-state index contributed by atoms with van der Waals surface area (Å²) < 4.78 is 82.8. The summed E-state index contributed by atoms with van der Waals surface area (Å²) in [6.07, 6.45) is -10.2. The highest BCUT2D eigenvalue weighted by atomic mass is 35.5. The minimum Gasteiger partial charge on any atom is -0.461 e. The van der Waals surface area contributed by atoms with Gasteiger partial charge in [-0.25, -0.2) is 4.79 Å². The van der Waals surface area contributed by atoms with Gasteiger partial charge in [0.2, 0.25) is 0 Å². The zero-order chi connectivity index (χ0) is 19.0. The number of hydrogen-bond acceptors (Lipinski definition) is 4. The quantitative estimate of drug-likeness (QED) is 0.628. The molecule has 0 saturated carbocycles. The molecule has 0 fully saturated rings. The van der Waals surface area contributed by atoms with Gasteiger partial charge in [-0.2, -0.15) is 36.7 Å². The standard InChI is InChI=1S/C13H8ClF6N3O2/c1-2-25-11(24)10-9(21-23-22-10)8-6(13(18,19)20)3-5(4-7(8)14)12(15,16)17/h3-4H,2H2,1H3,(H,21,22,23). The Balaban J connectivity index is 2.75. The summed E-state index contributed by atoms with van der Waals surface area (Å²) in [6, 6.07) is 0.209. The van der Waals surface area contributed by atoms with Gasteiger partial charge < -0.3 is 4.74 Å². The maximum atomic E-state index is 13.3. The second kappa shape index (κ2) is 6.54. The number of alkyl halides is 6. The average molecular weight is 388 g/mol. The number of carbonyl (C=O) groups excluding carboxylic acids is 1. The predicted octanol–water partition coefficient (Wildman–Crippen LogP) is 4.34. The van der Waals surface area contributed by atoms with E-state index in [2.05, 4.69) is 14.9 Å². The molecule has 0 radical (unpaired) electrons. The van der Waals surface area contributed by atoms with Crippen LogP contribution < -0.4 is 0 Å². The number of aromatic amines is 1. The molecule has 0 amide bonds. The van der Waals surface area contributed by atoms with Gasteiger partial charge in [0.05, 0.1) is 22.8 Å². The second-order valence-electron chi connectivity index (χ2n) is 4.62. The van der Waals surface area contributed by atoms with Crippen LogP contribution in [-0.4, -0.2) is 28.0 Å². The zero-order valence-electron chi connectivity index (χ0n) is 12.2. The normalized spacial score (nSPS) is 12.3. The van der Waals surface area contributed by atoms with E-state index in [1.165, 1.54) is 6.92 Å². The Labute approximate surface area is 140 Å². The number of rotatable bonds is 3. The lowest BCUT2D eigenvalue weighted by Crippen LogP contribution is -2.14. The molecular weight excluding hydrogens is 380 g/mol. The fraction of sp³-hybridized carbons (Fsp3) is 0.308. The second-order valence-corrected chi connectivity index (χ2v) is 5.02. The monoisotopic (exact) mass is 387 g/mol. The Kier molecular flexibility index (Phi) is 4.98. The van der Waals surface area contributed by atoms with Crippen molar-refractivity contribution in [3.05, 3.63) is 34.0 Å². The molecule has 0 unspecified atom stereocenters. The molecule has 2 aromatic rings. The Morgan fingerprint density at radius 1 is 1.16 bits per heavy atom. The van der Waals surface area contributed by atoms with Crippen molar-refractivity contribution in [3.63, 3.8) is 0 Å². The summed E-state index contributed by atoms with van der Waals surface area (Å²) in [5, 5.41) is 7.85. The third-order valence-corrected chi connectivity index (χ3v) is 3.27. The van der Waals surface area contributed by atoms with Gasteiger partial charge in [-0.15, -0.1) is 5.10 Å². The van der Waals surface area contributed by atoms with Crippen molar-refractivity contribution in [1.29, 1.82) is 0 Å². The number of nitrogens with zero attached hydrogens (tertiary/aromatic N) is 2. The third kappa shape index (κ3) is 3.86. The number of aromatic nitrogens is 3. The highest BCUT2D eigenvalue weighted by Crippen LogP contribution is 2.44. The van der Waals surface area contributed by atoms with Gasteiger partial charge in [0.25, 0.3) is 0 Å². The smallest absolute Gasteiger partial charge is 0.417 e. The van der Waals surface area contributed by atoms with E-state index in [1.54, 1.807) is 0 Å². The van der Waals surface area contributed by atoms with Gasteiger partial charge in [-0.3, -0.25) is 0 Å². The number of esters is 1. The molecule has 25 heavy (non-hydrogen) atoms. The van der Waals surface area contributed by atoms with Crippen molar-refractivity contribution >= 4 is 17.6 Å². The zero-order valence-corrected chi connectivity index (χ0v) is 13.0. The molecule has 1 heterocycles. The first-order valence-corrected chi connectivity index (χ1v) is 6.90. The van der Waals surface area contributed by atoms with Crippen LogP contribution in [0.3, 0.4) is 0 Å². The molecule has 1 N–H and O–H groups in total. The minimum atomic E-state index is -5.19. The Morgan fingerprint density at radius 2 is 1.80 bits per heavy atom. The number of ether oxygens (including phenoxy) is 1. The van der Waals surface area contributed by atoms with Crippen molar-refractivity contribution in [2.45, 2.75) is 19.3 Å². The van der Waals surface area contributed by atoms with Crippen molar-refractivity contribution in [1.82, 2.24) is 15.4 Å². The largest absolute Gasteiger partial charge is 0.461 e. The van der Waals surface area contributed by atoms with Gasteiger partial charge in [0.1, 0.15) is 5.69 Å². The molecule has 136 valence electrons. The Bertz CT molecular complexity index is 800. The van der Waals surface area contributed by atoms with E-state index in [0.29, 0.717) is 6.07 Å². The van der Waals surface area contributed by atoms with E-state index in [0.717, 1.165) is 0 Å². The Hall–Kier alpha value is -2.30. The minimum absolute atomic E-state index is 0.0992. The van der Waals surface area contributed by atoms with Gasteiger partial charge >= 0.3 is 18.3 Å². The molecule has 0 saturated heterocycles. The van der Waals surface area contributed by atoms with E-state index in [-0.39, 0.29) is 12.7 Å². The van der Waals surface area contributed by atoms with Crippen LogP contribution in [0, 0.1) is 0 Å². The van der Waals surface area contributed by atoms with Crippen LogP contribution in [0.25, 0.3) is 11.3 Å². The number of carbonyl (C=O) groups is 1. The molecule has 2 rings (SSSR count). The van der Waals surface area contributed by atoms with Crippen LogP contribution >= 0.6 is 11.6 Å². The molecular formula is C13H8ClF6N3O2. The number of nitrogens with one attached hydrogen (secondary N) is 1. The molecule has 0 aliphatic rings. The highest BCUT2D eigenvalue weighted by molar-refractivity contribution is 6.33. The molecule has 12 heteroatoms. The molecule has 0 spiro atoms. The predicted molar refractivity (Wildman–Crippen MR) is 72.8 cm³/mol. The van der Waals surface area contributed by atoms with Crippen molar-refractivity contribution in [3.8, 4) is 11.3 Å². The first-order chi connectivity index (χ1) is 11.5. The summed E-state index contributed by atoms with van der Waals surface area (Å²) in [4.78, 5) is 11.7. The van der Waals surface area contributed by atoms with E-state index in [1.807, 2.05) is 5.21 Å². The topological polar surface area (TPSA) is 67.9 Å². The summed E-state index contributed by atoms with van der Waals surface area (Å²) >= 11 is 5.66. The fourth-order valence-corrected chi connectivity index (χ4v) is 2.29. The van der Waals surface area contributed by atoms with Crippen LogP contribution in [0.1, 0.15) is 28.5 Å². The van der Waals surface area contributed by atoms with E-state index in [9.17, 15) is 31.1 Å². The van der Waals surface area contributed by atoms with Gasteiger partial charge in [0.15, 0.2) is 5.69 Å². The summed E-state index contributed by atoms with van der Waals surface area (Å²) in [5.41, 5.74) is -5.49. The lowest BCUT2D eigenvalue weighted by atomic mass is 9.99. The number of halogens is 7. The third-order valence-electron chi connectivity index (χ3n) is 2.98. The van der Waals surface area contributed by atoms with E-state index >= 15 is 0 Å². The molecule has 1 aromatic carbocycles. The Morgan fingerprint density at radius 3 is 2.32 bits per heavy atom. The lowest BCUT2D eigenvalue weighted by molar-refractivity contribution is -0.142. The van der Waals surface area contributed by atoms with Crippen LogP contribution in [0.2, 0.25) is 5.02 Å². The average Bonchev–Trinajstić information content (AvgIpc) is 2.93. The first kappa shape index (κ1) is 19.0. The summed E-state index contributed by atoms with van der Waals surface area (Å²) in [5.74, 6) is -1.10. The van der Waals surface area contributed by atoms with Gasteiger partial charge in [-0.05, 0) is 19.1 Å². The highest BCUT2D eigenvalue weighted by Gasteiger charge is 2.41. The van der Waals surface area contributed by atoms with Gasteiger partial charge in [0, 0.05) is 5.56 Å². The first-order valence-electron chi connectivity index (χ1n) is 6.53. The molecule has 0 aliphatic carbocycles. The van der Waals surface area contributed by atoms with Crippen LogP contribution in [0.15, 0.2) is 12.1 Å². The molecule has 5 nitrogen and oxygen atoms in total. The molecule has 0 atom stereocenters.